The van der Waals surface area contributed by atoms with Crippen molar-refractivity contribution in [3.05, 3.63) is 83.9 Å². The van der Waals surface area contributed by atoms with E-state index in [1.54, 1.807) is 0 Å². The van der Waals surface area contributed by atoms with Crippen LogP contribution < -0.4 is 0 Å². The highest BCUT2D eigenvalue weighted by molar-refractivity contribution is 6.09. The van der Waals surface area contributed by atoms with Gasteiger partial charge in [0.1, 0.15) is 5.82 Å². The summed E-state index contributed by atoms with van der Waals surface area (Å²) >= 11 is 0. The number of aryl methyl sites for hydroxylation is 1. The van der Waals surface area contributed by atoms with Crippen molar-refractivity contribution in [2.75, 3.05) is 0 Å². The van der Waals surface area contributed by atoms with Gasteiger partial charge < -0.3 is 0 Å². The van der Waals surface area contributed by atoms with Crippen molar-refractivity contribution in [3.63, 3.8) is 0 Å². The highest BCUT2D eigenvalue weighted by Crippen LogP contribution is 2.41. The summed E-state index contributed by atoms with van der Waals surface area (Å²) in [5.74, 6) is 1.26. The number of hydrogen-bond donors (Lipinski definition) is 0. The van der Waals surface area contributed by atoms with Gasteiger partial charge in [-0.15, -0.1) is 0 Å². The fraction of sp³-hybridized carbons (Fsp3) is 0.182. The summed E-state index contributed by atoms with van der Waals surface area (Å²) in [7, 11) is 0. The van der Waals surface area contributed by atoms with E-state index in [9.17, 15) is 0 Å². The molecule has 0 aliphatic heterocycles. The van der Waals surface area contributed by atoms with Gasteiger partial charge in [0.15, 0.2) is 0 Å². The SMILES string of the molecule is c1cnc(C2CCCc3ccc4c(ccc5ccccc54)c32)nc1. The summed E-state index contributed by atoms with van der Waals surface area (Å²) in [6, 6.07) is 19.7. The fourth-order valence-corrected chi connectivity index (χ4v) is 4.18. The number of rotatable bonds is 1. The molecule has 1 atom stereocenters. The third kappa shape index (κ3) is 2.03. The molecular formula is C22H18N2. The lowest BCUT2D eigenvalue weighted by Crippen LogP contribution is -2.14. The van der Waals surface area contributed by atoms with Gasteiger partial charge >= 0.3 is 0 Å². The Morgan fingerprint density at radius 3 is 2.50 bits per heavy atom. The van der Waals surface area contributed by atoms with Crippen molar-refractivity contribution in [3.8, 4) is 0 Å². The van der Waals surface area contributed by atoms with E-state index in [0.717, 1.165) is 18.7 Å². The number of benzene rings is 3. The van der Waals surface area contributed by atoms with Gasteiger partial charge in [-0.25, -0.2) is 9.97 Å². The number of fused-ring (bicyclic) bond motifs is 5. The van der Waals surface area contributed by atoms with Crippen molar-refractivity contribution in [2.45, 2.75) is 25.2 Å². The quantitative estimate of drug-likeness (QED) is 0.449. The molecule has 0 saturated carbocycles. The number of aromatic nitrogens is 2. The Balaban J connectivity index is 1.83. The van der Waals surface area contributed by atoms with Gasteiger partial charge in [0.05, 0.1) is 0 Å². The normalized spacial score (nSPS) is 17.1. The predicted molar refractivity (Wildman–Crippen MR) is 98.3 cm³/mol. The molecule has 1 aliphatic rings. The van der Waals surface area contributed by atoms with E-state index in [-0.39, 0.29) is 0 Å². The average molecular weight is 310 g/mol. The zero-order valence-electron chi connectivity index (χ0n) is 13.4. The smallest absolute Gasteiger partial charge is 0.135 e. The second kappa shape index (κ2) is 5.41. The van der Waals surface area contributed by atoms with Crippen LogP contribution in [0.1, 0.15) is 35.7 Å². The first-order valence-corrected chi connectivity index (χ1v) is 8.62. The van der Waals surface area contributed by atoms with E-state index >= 15 is 0 Å². The molecule has 0 saturated heterocycles. The molecule has 5 rings (SSSR count). The summed E-state index contributed by atoms with van der Waals surface area (Å²) in [4.78, 5) is 9.12. The first-order chi connectivity index (χ1) is 11.9. The maximum atomic E-state index is 4.56. The molecule has 0 amide bonds. The van der Waals surface area contributed by atoms with Crippen molar-refractivity contribution >= 4 is 21.5 Å². The molecule has 2 nitrogen and oxygen atoms in total. The second-order valence-electron chi connectivity index (χ2n) is 6.57. The molecule has 1 heterocycles. The first-order valence-electron chi connectivity index (χ1n) is 8.62. The van der Waals surface area contributed by atoms with Crippen LogP contribution in [0.2, 0.25) is 0 Å². The monoisotopic (exact) mass is 310 g/mol. The minimum atomic E-state index is 0.305. The first kappa shape index (κ1) is 13.7. The molecule has 1 aromatic heterocycles. The topological polar surface area (TPSA) is 25.8 Å². The fourth-order valence-electron chi connectivity index (χ4n) is 4.18. The zero-order valence-corrected chi connectivity index (χ0v) is 13.4. The highest BCUT2D eigenvalue weighted by Gasteiger charge is 2.26. The van der Waals surface area contributed by atoms with Gasteiger partial charge in [0, 0.05) is 18.3 Å². The Morgan fingerprint density at radius 2 is 1.58 bits per heavy atom. The van der Waals surface area contributed by atoms with Crippen LogP contribution in [-0.2, 0) is 6.42 Å². The van der Waals surface area contributed by atoms with Crippen molar-refractivity contribution in [1.82, 2.24) is 9.97 Å². The van der Waals surface area contributed by atoms with E-state index in [4.69, 9.17) is 0 Å². The molecule has 1 unspecified atom stereocenters. The summed E-state index contributed by atoms with van der Waals surface area (Å²) in [5.41, 5.74) is 2.90. The molecule has 3 aromatic carbocycles. The van der Waals surface area contributed by atoms with Gasteiger partial charge in [0.2, 0.25) is 0 Å². The van der Waals surface area contributed by atoms with Crippen LogP contribution in [0.5, 0.6) is 0 Å². The van der Waals surface area contributed by atoms with Gasteiger partial charge in [-0.2, -0.15) is 0 Å². The molecule has 0 N–H and O–H groups in total. The molecule has 1 aliphatic carbocycles. The average Bonchev–Trinajstić information content (AvgIpc) is 2.67. The molecule has 0 fully saturated rings. The summed E-state index contributed by atoms with van der Waals surface area (Å²) in [6.45, 7) is 0. The van der Waals surface area contributed by atoms with Gasteiger partial charge in [-0.05, 0) is 58.0 Å². The van der Waals surface area contributed by atoms with Gasteiger partial charge in [0.25, 0.3) is 0 Å². The summed E-state index contributed by atoms with van der Waals surface area (Å²) in [5, 5.41) is 5.34. The van der Waals surface area contributed by atoms with E-state index in [1.807, 2.05) is 18.5 Å². The molecular weight excluding hydrogens is 292 g/mol. The summed E-state index contributed by atoms with van der Waals surface area (Å²) < 4.78 is 0. The molecule has 116 valence electrons. The van der Waals surface area contributed by atoms with Crippen molar-refractivity contribution in [1.29, 1.82) is 0 Å². The van der Waals surface area contributed by atoms with Crippen LogP contribution in [-0.4, -0.2) is 9.97 Å². The maximum absolute atomic E-state index is 4.56. The largest absolute Gasteiger partial charge is 0.241 e. The second-order valence-corrected chi connectivity index (χ2v) is 6.57. The third-order valence-electron chi connectivity index (χ3n) is 5.24. The minimum absolute atomic E-state index is 0.305. The van der Waals surface area contributed by atoms with Crippen LogP contribution in [0.4, 0.5) is 0 Å². The lowest BCUT2D eigenvalue weighted by molar-refractivity contribution is 0.594. The standard InChI is InChI=1S/C22H18N2/c1-2-7-17-15(5-1)9-12-19-18(17)11-10-16-6-3-8-20(21(16)19)22-23-13-4-14-24-22/h1-2,4-5,7,9-14,20H,3,6,8H2. The summed E-state index contributed by atoms with van der Waals surface area (Å²) in [6.07, 6.45) is 7.20. The van der Waals surface area contributed by atoms with Gasteiger partial charge in [-0.3, -0.25) is 0 Å². The Morgan fingerprint density at radius 1 is 0.750 bits per heavy atom. The molecule has 0 bridgehead atoms. The molecule has 0 radical (unpaired) electrons. The minimum Gasteiger partial charge on any atom is -0.241 e. The highest BCUT2D eigenvalue weighted by atomic mass is 14.9. The lowest BCUT2D eigenvalue weighted by Gasteiger charge is -2.26. The van der Waals surface area contributed by atoms with Crippen LogP contribution in [0.25, 0.3) is 21.5 Å². The van der Waals surface area contributed by atoms with E-state index in [0.29, 0.717) is 5.92 Å². The van der Waals surface area contributed by atoms with Crippen LogP contribution in [0, 0.1) is 0 Å². The van der Waals surface area contributed by atoms with Crippen LogP contribution >= 0.6 is 0 Å². The molecule has 4 aromatic rings. The van der Waals surface area contributed by atoms with E-state index < -0.39 is 0 Å². The van der Waals surface area contributed by atoms with Crippen molar-refractivity contribution in [2.24, 2.45) is 0 Å². The van der Waals surface area contributed by atoms with Crippen LogP contribution in [0.3, 0.4) is 0 Å². The van der Waals surface area contributed by atoms with Crippen LogP contribution in [0.15, 0.2) is 67.0 Å². The Labute approximate surface area is 141 Å². The maximum Gasteiger partial charge on any atom is 0.135 e. The Kier molecular flexibility index (Phi) is 3.08. The Hall–Kier alpha value is -2.74. The molecule has 0 spiro atoms. The lowest BCUT2D eigenvalue weighted by atomic mass is 9.79. The van der Waals surface area contributed by atoms with E-state index in [1.165, 1.54) is 39.1 Å². The van der Waals surface area contributed by atoms with Gasteiger partial charge in [-0.1, -0.05) is 48.5 Å². The van der Waals surface area contributed by atoms with E-state index in [2.05, 4.69) is 58.5 Å². The molecule has 24 heavy (non-hydrogen) atoms. The predicted octanol–water partition coefficient (Wildman–Crippen LogP) is 5.25. The Bertz CT molecular complexity index is 1040. The number of nitrogens with zero attached hydrogens (tertiary/aromatic N) is 2. The number of hydrogen-bond acceptors (Lipinski definition) is 2. The third-order valence-corrected chi connectivity index (χ3v) is 5.24. The van der Waals surface area contributed by atoms with Crippen molar-refractivity contribution < 1.29 is 0 Å². The zero-order chi connectivity index (χ0) is 15.9. The molecule has 2 heteroatoms.